The number of alkyl halides is 3. The van der Waals surface area contributed by atoms with E-state index in [4.69, 9.17) is 4.74 Å². The minimum absolute atomic E-state index is 0.0714. The highest BCUT2D eigenvalue weighted by Gasteiger charge is 2.35. The second-order valence-electron chi connectivity index (χ2n) is 4.45. The quantitative estimate of drug-likeness (QED) is 0.779. The van der Waals surface area contributed by atoms with Crippen LogP contribution in [0.4, 0.5) is 17.6 Å². The van der Waals surface area contributed by atoms with Crippen molar-refractivity contribution in [1.29, 1.82) is 0 Å². The van der Waals surface area contributed by atoms with Gasteiger partial charge in [-0.3, -0.25) is 4.90 Å². The minimum Gasteiger partial charge on any atom is -0.486 e. The Hall–Kier alpha value is -0.820. The molecule has 0 N–H and O–H groups in total. The third-order valence-corrected chi connectivity index (χ3v) is 3.31. The van der Waals surface area contributed by atoms with Crippen molar-refractivity contribution < 1.29 is 22.3 Å². The van der Waals surface area contributed by atoms with Crippen LogP contribution < -0.4 is 4.74 Å². The Morgan fingerprint density at radius 2 is 2.11 bits per heavy atom. The second kappa shape index (κ2) is 5.66. The highest BCUT2D eigenvalue weighted by atomic mass is 79.9. The standard InChI is InChI=1S/C12H12BrF4NO/c13-8-1-2-11(10(14)5-8)19-9-3-4-18(6-9)7-12(15,16)17/h1-2,5,9H,3-4,6-7H2. The van der Waals surface area contributed by atoms with Crippen molar-refractivity contribution >= 4 is 15.9 Å². The van der Waals surface area contributed by atoms with Crippen molar-refractivity contribution in [2.45, 2.75) is 18.7 Å². The Labute approximate surface area is 116 Å². The van der Waals surface area contributed by atoms with E-state index in [1.165, 1.54) is 17.0 Å². The van der Waals surface area contributed by atoms with Gasteiger partial charge < -0.3 is 4.74 Å². The van der Waals surface area contributed by atoms with E-state index in [-0.39, 0.29) is 12.3 Å². The van der Waals surface area contributed by atoms with Crippen LogP contribution in [0.15, 0.2) is 22.7 Å². The van der Waals surface area contributed by atoms with Gasteiger partial charge in [0.15, 0.2) is 11.6 Å². The van der Waals surface area contributed by atoms with Crippen LogP contribution in [0.1, 0.15) is 6.42 Å². The van der Waals surface area contributed by atoms with E-state index in [2.05, 4.69) is 15.9 Å². The number of ether oxygens (including phenoxy) is 1. The van der Waals surface area contributed by atoms with E-state index in [1.54, 1.807) is 6.07 Å². The number of nitrogens with zero attached hydrogens (tertiary/aromatic N) is 1. The minimum atomic E-state index is -4.21. The Kier molecular flexibility index (Phi) is 4.35. The summed E-state index contributed by atoms with van der Waals surface area (Å²) in [4.78, 5) is 1.27. The Bertz CT molecular complexity index is 452. The van der Waals surface area contributed by atoms with Gasteiger partial charge in [-0.25, -0.2) is 4.39 Å². The average molecular weight is 342 g/mol. The number of hydrogen-bond donors (Lipinski definition) is 0. The van der Waals surface area contributed by atoms with E-state index in [0.717, 1.165) is 0 Å². The second-order valence-corrected chi connectivity index (χ2v) is 5.37. The molecule has 1 heterocycles. The van der Waals surface area contributed by atoms with Crippen molar-refractivity contribution in [3.05, 3.63) is 28.5 Å². The van der Waals surface area contributed by atoms with Gasteiger partial charge in [0, 0.05) is 17.6 Å². The van der Waals surface area contributed by atoms with Crippen LogP contribution in [0, 0.1) is 5.82 Å². The summed E-state index contributed by atoms with van der Waals surface area (Å²) in [6.45, 7) is -0.479. The predicted molar refractivity (Wildman–Crippen MR) is 65.6 cm³/mol. The fourth-order valence-corrected chi connectivity index (χ4v) is 2.37. The first-order chi connectivity index (χ1) is 8.83. The summed E-state index contributed by atoms with van der Waals surface area (Å²) >= 11 is 3.12. The molecular formula is C12H12BrF4NO. The molecule has 7 heteroatoms. The van der Waals surface area contributed by atoms with Crippen molar-refractivity contribution in [2.75, 3.05) is 19.6 Å². The lowest BCUT2D eigenvalue weighted by Gasteiger charge is -2.18. The molecule has 1 aliphatic heterocycles. The molecule has 19 heavy (non-hydrogen) atoms. The van der Waals surface area contributed by atoms with Crippen LogP contribution in [0.25, 0.3) is 0 Å². The van der Waals surface area contributed by atoms with Gasteiger partial charge in [0.1, 0.15) is 6.10 Å². The molecule has 0 aromatic heterocycles. The van der Waals surface area contributed by atoms with Gasteiger partial charge in [-0.05, 0) is 24.6 Å². The van der Waals surface area contributed by atoms with Crippen LogP contribution in [-0.2, 0) is 0 Å². The molecule has 1 fully saturated rings. The Balaban J connectivity index is 1.91. The van der Waals surface area contributed by atoms with E-state index in [0.29, 0.717) is 17.4 Å². The molecule has 0 aliphatic carbocycles. The summed E-state index contributed by atoms with van der Waals surface area (Å²) in [6, 6.07) is 4.35. The number of halogens is 5. The lowest BCUT2D eigenvalue weighted by molar-refractivity contribution is -0.144. The summed E-state index contributed by atoms with van der Waals surface area (Å²) in [5.74, 6) is -0.453. The molecule has 2 nitrogen and oxygen atoms in total. The zero-order valence-electron chi connectivity index (χ0n) is 9.88. The van der Waals surface area contributed by atoms with Crippen molar-refractivity contribution in [3.8, 4) is 5.75 Å². The van der Waals surface area contributed by atoms with Crippen LogP contribution in [0.3, 0.4) is 0 Å². The van der Waals surface area contributed by atoms with Crippen molar-refractivity contribution in [1.82, 2.24) is 4.90 Å². The fraction of sp³-hybridized carbons (Fsp3) is 0.500. The number of hydrogen-bond acceptors (Lipinski definition) is 2. The van der Waals surface area contributed by atoms with Crippen molar-refractivity contribution in [2.24, 2.45) is 0 Å². The van der Waals surface area contributed by atoms with E-state index < -0.39 is 24.6 Å². The maximum atomic E-state index is 13.5. The zero-order chi connectivity index (χ0) is 14.0. The lowest BCUT2D eigenvalue weighted by Crippen LogP contribution is -2.33. The topological polar surface area (TPSA) is 12.5 Å². The molecule has 1 saturated heterocycles. The van der Waals surface area contributed by atoms with Gasteiger partial charge in [0.25, 0.3) is 0 Å². The van der Waals surface area contributed by atoms with Gasteiger partial charge >= 0.3 is 6.18 Å². The molecule has 0 spiro atoms. The van der Waals surface area contributed by atoms with E-state index >= 15 is 0 Å². The average Bonchev–Trinajstić information content (AvgIpc) is 2.67. The summed E-state index contributed by atoms with van der Waals surface area (Å²) in [6.07, 6.45) is -4.15. The van der Waals surface area contributed by atoms with Crippen molar-refractivity contribution in [3.63, 3.8) is 0 Å². The smallest absolute Gasteiger partial charge is 0.401 e. The molecule has 106 valence electrons. The monoisotopic (exact) mass is 341 g/mol. The highest BCUT2D eigenvalue weighted by Crippen LogP contribution is 2.26. The van der Waals surface area contributed by atoms with Crippen LogP contribution in [0.5, 0.6) is 5.75 Å². The first-order valence-corrected chi connectivity index (χ1v) is 6.53. The Morgan fingerprint density at radius 3 is 2.74 bits per heavy atom. The number of benzene rings is 1. The van der Waals surface area contributed by atoms with Crippen LogP contribution in [0.2, 0.25) is 0 Å². The van der Waals surface area contributed by atoms with Gasteiger partial charge in [-0.1, -0.05) is 15.9 Å². The highest BCUT2D eigenvalue weighted by molar-refractivity contribution is 9.10. The molecule has 2 rings (SSSR count). The first kappa shape index (κ1) is 14.6. The van der Waals surface area contributed by atoms with Gasteiger partial charge in [-0.15, -0.1) is 0 Å². The molecule has 0 radical (unpaired) electrons. The predicted octanol–water partition coefficient (Wildman–Crippen LogP) is 3.60. The normalized spacial score (nSPS) is 20.8. The van der Waals surface area contributed by atoms with E-state index in [9.17, 15) is 17.6 Å². The van der Waals surface area contributed by atoms with E-state index in [1.807, 2.05) is 0 Å². The summed E-state index contributed by atoms with van der Waals surface area (Å²) < 4.78 is 56.2. The summed E-state index contributed by atoms with van der Waals surface area (Å²) in [5, 5.41) is 0. The van der Waals surface area contributed by atoms with Crippen LogP contribution in [-0.4, -0.2) is 36.8 Å². The number of likely N-dealkylation sites (tertiary alicyclic amines) is 1. The maximum absolute atomic E-state index is 13.5. The third kappa shape index (κ3) is 4.35. The molecule has 1 aromatic carbocycles. The molecule has 1 aliphatic rings. The van der Waals surface area contributed by atoms with Gasteiger partial charge in [0.2, 0.25) is 0 Å². The van der Waals surface area contributed by atoms with Gasteiger partial charge in [0.05, 0.1) is 6.54 Å². The Morgan fingerprint density at radius 1 is 1.37 bits per heavy atom. The largest absolute Gasteiger partial charge is 0.486 e. The molecular weight excluding hydrogens is 330 g/mol. The van der Waals surface area contributed by atoms with Gasteiger partial charge in [-0.2, -0.15) is 13.2 Å². The molecule has 0 bridgehead atoms. The third-order valence-electron chi connectivity index (χ3n) is 2.82. The maximum Gasteiger partial charge on any atom is 0.401 e. The zero-order valence-corrected chi connectivity index (χ0v) is 11.5. The molecule has 0 saturated carbocycles. The fourth-order valence-electron chi connectivity index (χ4n) is 2.04. The molecule has 1 unspecified atom stereocenters. The SMILES string of the molecule is Fc1cc(Br)ccc1OC1CCN(CC(F)(F)F)C1. The molecule has 0 amide bonds. The number of rotatable bonds is 3. The molecule has 1 aromatic rings. The van der Waals surface area contributed by atoms with Crippen LogP contribution >= 0.6 is 15.9 Å². The molecule has 1 atom stereocenters. The first-order valence-electron chi connectivity index (χ1n) is 5.74. The lowest BCUT2D eigenvalue weighted by atomic mass is 10.3. The summed E-state index contributed by atoms with van der Waals surface area (Å²) in [5.41, 5.74) is 0. The summed E-state index contributed by atoms with van der Waals surface area (Å²) in [7, 11) is 0.